The lowest BCUT2D eigenvalue weighted by Crippen LogP contribution is -2.20. The Morgan fingerprint density at radius 2 is 2.05 bits per heavy atom. The molecule has 0 bridgehead atoms. The molecule has 0 saturated heterocycles. The second kappa shape index (κ2) is 6.56. The minimum absolute atomic E-state index is 0.0367. The van der Waals surface area contributed by atoms with Crippen LogP contribution in [0.3, 0.4) is 0 Å². The van der Waals surface area contributed by atoms with Gasteiger partial charge in [0.1, 0.15) is 17.9 Å². The van der Waals surface area contributed by atoms with E-state index in [1.165, 1.54) is 0 Å². The number of carbonyl (C=O) groups is 2. The van der Waals surface area contributed by atoms with Crippen molar-refractivity contribution in [2.45, 2.75) is 13.3 Å². The Labute approximate surface area is 120 Å². The van der Waals surface area contributed by atoms with Gasteiger partial charge in [0.15, 0.2) is 6.61 Å². The number of amides is 1. The highest BCUT2D eigenvalue weighted by molar-refractivity contribution is 5.89. The number of aromatic nitrogens is 1. The monoisotopic (exact) mass is 290 g/mol. The molecule has 0 saturated carbocycles. The van der Waals surface area contributed by atoms with Crippen molar-refractivity contribution in [3.05, 3.63) is 41.8 Å². The van der Waals surface area contributed by atoms with Crippen molar-refractivity contribution in [3.63, 3.8) is 0 Å². The van der Waals surface area contributed by atoms with Crippen molar-refractivity contribution in [2.24, 2.45) is 0 Å². The van der Waals surface area contributed by atoms with Crippen LogP contribution in [0.2, 0.25) is 0 Å². The maximum absolute atomic E-state index is 11.7. The van der Waals surface area contributed by atoms with E-state index in [2.05, 4.69) is 10.3 Å². The molecule has 1 aromatic heterocycles. The number of rotatable bonds is 6. The zero-order valence-electron chi connectivity index (χ0n) is 11.3. The minimum Gasteiger partial charge on any atom is -0.484 e. The number of hydrogen-bond acceptors (Lipinski definition) is 5. The van der Waals surface area contributed by atoms with Crippen molar-refractivity contribution in [3.8, 4) is 5.75 Å². The van der Waals surface area contributed by atoms with Crippen LogP contribution < -0.4 is 10.1 Å². The van der Waals surface area contributed by atoms with Gasteiger partial charge in [-0.05, 0) is 19.1 Å². The van der Waals surface area contributed by atoms with E-state index in [9.17, 15) is 9.59 Å². The molecule has 7 heteroatoms. The summed E-state index contributed by atoms with van der Waals surface area (Å²) in [6, 6.07) is 8.85. The molecular weight excluding hydrogens is 276 g/mol. The van der Waals surface area contributed by atoms with E-state index in [0.29, 0.717) is 11.4 Å². The molecule has 2 rings (SSSR count). The van der Waals surface area contributed by atoms with Gasteiger partial charge in [0.05, 0.1) is 5.69 Å². The van der Waals surface area contributed by atoms with Crippen LogP contribution in [0, 0.1) is 6.92 Å². The topological polar surface area (TPSA) is 102 Å². The van der Waals surface area contributed by atoms with Gasteiger partial charge in [0.25, 0.3) is 5.91 Å². The molecule has 1 aromatic carbocycles. The zero-order valence-corrected chi connectivity index (χ0v) is 11.3. The Morgan fingerprint density at radius 3 is 2.71 bits per heavy atom. The number of aliphatic carboxylic acids is 1. The maximum Gasteiger partial charge on any atom is 0.311 e. The second-order valence-corrected chi connectivity index (χ2v) is 4.25. The molecule has 21 heavy (non-hydrogen) atoms. The van der Waals surface area contributed by atoms with Gasteiger partial charge in [-0.2, -0.15) is 4.98 Å². The summed E-state index contributed by atoms with van der Waals surface area (Å²) < 4.78 is 10.4. The van der Waals surface area contributed by atoms with E-state index in [-0.39, 0.29) is 24.8 Å². The van der Waals surface area contributed by atoms with Crippen LogP contribution in [0.25, 0.3) is 0 Å². The number of aryl methyl sites for hydroxylation is 1. The summed E-state index contributed by atoms with van der Waals surface area (Å²) >= 11 is 0. The fraction of sp³-hybridized carbons (Fsp3) is 0.214. The summed E-state index contributed by atoms with van der Waals surface area (Å²) in [5, 5.41) is 11.1. The quantitative estimate of drug-likeness (QED) is 0.838. The van der Waals surface area contributed by atoms with Gasteiger partial charge in [0.2, 0.25) is 0 Å². The molecule has 1 amide bonds. The molecule has 0 aliphatic rings. The summed E-state index contributed by atoms with van der Waals surface area (Å²) in [7, 11) is 0. The Hall–Kier alpha value is -2.83. The highest BCUT2D eigenvalue weighted by Gasteiger charge is 2.14. The van der Waals surface area contributed by atoms with Gasteiger partial charge in [0, 0.05) is 0 Å². The van der Waals surface area contributed by atoms with Crippen molar-refractivity contribution < 1.29 is 23.8 Å². The molecular formula is C14H14N2O5. The number of carbonyl (C=O) groups excluding carboxylic acids is 1. The van der Waals surface area contributed by atoms with Crippen LogP contribution in [-0.2, 0) is 16.0 Å². The first-order valence-electron chi connectivity index (χ1n) is 6.20. The molecule has 7 nitrogen and oxygen atoms in total. The first-order chi connectivity index (χ1) is 10.0. The highest BCUT2D eigenvalue weighted by atomic mass is 16.5. The minimum atomic E-state index is -1.03. The Balaban J connectivity index is 1.89. The molecule has 0 atom stereocenters. The van der Waals surface area contributed by atoms with Crippen molar-refractivity contribution in [1.29, 1.82) is 0 Å². The second-order valence-electron chi connectivity index (χ2n) is 4.25. The van der Waals surface area contributed by atoms with Crippen LogP contribution in [0.4, 0.5) is 6.01 Å². The van der Waals surface area contributed by atoms with Gasteiger partial charge in [-0.1, -0.05) is 18.2 Å². The van der Waals surface area contributed by atoms with Crippen molar-refractivity contribution >= 4 is 17.9 Å². The predicted octanol–water partition coefficient (Wildman–Crippen LogP) is 1.63. The molecule has 110 valence electrons. The molecule has 2 N–H and O–H groups in total. The average Bonchev–Trinajstić information content (AvgIpc) is 2.77. The first-order valence-corrected chi connectivity index (χ1v) is 6.20. The molecule has 0 fully saturated rings. The third-order valence-electron chi connectivity index (χ3n) is 2.56. The molecule has 0 aliphatic carbocycles. The van der Waals surface area contributed by atoms with Crippen LogP contribution in [0.5, 0.6) is 5.75 Å². The Bertz CT molecular complexity index is 636. The normalized spacial score (nSPS) is 10.1. The first kappa shape index (κ1) is 14.6. The van der Waals surface area contributed by atoms with Gasteiger partial charge in [-0.3, -0.25) is 14.9 Å². The number of nitrogens with one attached hydrogen (secondary N) is 1. The Morgan fingerprint density at radius 1 is 1.33 bits per heavy atom. The molecule has 0 radical (unpaired) electrons. The number of carboxylic acid groups (broad SMARTS) is 1. The van der Waals surface area contributed by atoms with E-state index >= 15 is 0 Å². The number of benzene rings is 1. The summed E-state index contributed by atoms with van der Waals surface area (Å²) in [5.41, 5.74) is 0.427. The number of carboxylic acids is 1. The van der Waals surface area contributed by atoms with E-state index in [1.54, 1.807) is 31.2 Å². The lowest BCUT2D eigenvalue weighted by atomic mass is 10.3. The standard InChI is InChI=1S/C14H14N2O5/c1-9-11(7-13(18)19)21-14(15-9)16-12(17)8-20-10-5-3-2-4-6-10/h2-6H,7-8H2,1H3,(H,18,19)(H,15,16,17). The number of ether oxygens (including phenoxy) is 1. The number of anilines is 1. The third-order valence-corrected chi connectivity index (χ3v) is 2.56. The van der Waals surface area contributed by atoms with Gasteiger partial charge in [-0.15, -0.1) is 0 Å². The SMILES string of the molecule is Cc1nc(NC(=O)COc2ccccc2)oc1CC(=O)O. The molecule has 2 aromatic rings. The Kier molecular flexibility index (Phi) is 4.55. The molecule has 0 spiro atoms. The van der Waals surface area contributed by atoms with Crippen LogP contribution >= 0.6 is 0 Å². The molecule has 0 unspecified atom stereocenters. The largest absolute Gasteiger partial charge is 0.484 e. The van der Waals surface area contributed by atoms with Crippen LogP contribution in [0.1, 0.15) is 11.5 Å². The third kappa shape index (κ3) is 4.34. The lowest BCUT2D eigenvalue weighted by Gasteiger charge is -2.04. The average molecular weight is 290 g/mol. The van der Waals surface area contributed by atoms with Crippen molar-refractivity contribution in [2.75, 3.05) is 11.9 Å². The number of hydrogen-bond donors (Lipinski definition) is 2. The fourth-order valence-electron chi connectivity index (χ4n) is 1.60. The summed E-state index contributed by atoms with van der Waals surface area (Å²) in [4.78, 5) is 26.2. The number of nitrogens with zero attached hydrogens (tertiary/aromatic N) is 1. The van der Waals surface area contributed by atoms with Gasteiger partial charge >= 0.3 is 12.0 Å². The summed E-state index contributed by atoms with van der Waals surface area (Å²) in [6.45, 7) is 1.41. The van der Waals surface area contributed by atoms with Crippen molar-refractivity contribution in [1.82, 2.24) is 4.98 Å². The molecule has 0 aliphatic heterocycles. The fourth-order valence-corrected chi connectivity index (χ4v) is 1.60. The van der Waals surface area contributed by atoms with E-state index in [4.69, 9.17) is 14.3 Å². The summed E-state index contributed by atoms with van der Waals surface area (Å²) in [5.74, 6) is -0.689. The predicted molar refractivity (Wildman–Crippen MR) is 73.1 cm³/mol. The van der Waals surface area contributed by atoms with Gasteiger partial charge < -0.3 is 14.3 Å². The number of oxazole rings is 1. The van der Waals surface area contributed by atoms with Crippen LogP contribution in [0.15, 0.2) is 34.7 Å². The van der Waals surface area contributed by atoms with E-state index in [0.717, 1.165) is 0 Å². The van der Waals surface area contributed by atoms with E-state index in [1.807, 2.05) is 6.07 Å². The van der Waals surface area contributed by atoms with Gasteiger partial charge in [-0.25, -0.2) is 0 Å². The van der Waals surface area contributed by atoms with Crippen LogP contribution in [-0.4, -0.2) is 28.6 Å². The smallest absolute Gasteiger partial charge is 0.311 e. The van der Waals surface area contributed by atoms with E-state index < -0.39 is 11.9 Å². The molecule has 1 heterocycles. The lowest BCUT2D eigenvalue weighted by molar-refractivity contribution is -0.136. The zero-order chi connectivity index (χ0) is 15.2. The summed E-state index contributed by atoms with van der Waals surface area (Å²) in [6.07, 6.45) is -0.283. The highest BCUT2D eigenvalue weighted by Crippen LogP contribution is 2.15. The number of para-hydroxylation sites is 1. The maximum atomic E-state index is 11.7.